The topological polar surface area (TPSA) is 53.6 Å². The van der Waals surface area contributed by atoms with Crippen LogP contribution in [-0.4, -0.2) is 20.1 Å². The lowest BCUT2D eigenvalue weighted by molar-refractivity contribution is 0.624. The zero-order valence-corrected chi connectivity index (χ0v) is 16.8. The molecule has 3 N–H and O–H groups in total. The summed E-state index contributed by atoms with van der Waals surface area (Å²) in [4.78, 5) is 6.00. The summed E-state index contributed by atoms with van der Waals surface area (Å²) in [6.07, 6.45) is 0. The number of nitrogens with two attached hydrogens (primary N) is 1. The summed E-state index contributed by atoms with van der Waals surface area (Å²) in [6.45, 7) is 4.38. The Kier molecular flexibility index (Phi) is 7.47. The predicted molar refractivity (Wildman–Crippen MR) is 111 cm³/mol. The zero-order valence-electron chi connectivity index (χ0n) is 14.4. The van der Waals surface area contributed by atoms with Crippen LogP contribution >= 0.6 is 24.0 Å². The van der Waals surface area contributed by atoms with Gasteiger partial charge in [0.05, 0.1) is 12.2 Å². The third-order valence-corrected chi connectivity index (χ3v) is 3.42. The third-order valence-electron chi connectivity index (χ3n) is 3.42. The van der Waals surface area contributed by atoms with E-state index in [9.17, 15) is 4.39 Å². The highest BCUT2D eigenvalue weighted by atomic mass is 127. The van der Waals surface area contributed by atoms with E-state index in [2.05, 4.69) is 16.4 Å². The van der Waals surface area contributed by atoms with Gasteiger partial charge in [-0.15, -0.1) is 24.0 Å². The number of hydrogen-bond donors (Lipinski definition) is 2. The molecular formula is C18H24FIN4. The Morgan fingerprint density at radius 1 is 1.12 bits per heavy atom. The number of halogens is 2. The number of guanidine groups is 1. The Bertz CT molecular complexity index is 709. The van der Waals surface area contributed by atoms with Gasteiger partial charge in [-0.1, -0.05) is 12.1 Å². The molecule has 0 aliphatic carbocycles. The molecule has 0 radical (unpaired) electrons. The molecule has 0 aromatic heterocycles. The van der Waals surface area contributed by atoms with Gasteiger partial charge >= 0.3 is 0 Å². The van der Waals surface area contributed by atoms with E-state index >= 15 is 0 Å². The zero-order chi connectivity index (χ0) is 17.0. The monoisotopic (exact) mass is 442 g/mol. The summed E-state index contributed by atoms with van der Waals surface area (Å²) in [5.41, 5.74) is 10.4. The molecular weight excluding hydrogens is 418 g/mol. The van der Waals surface area contributed by atoms with Crippen LogP contribution in [0.25, 0.3) is 0 Å². The summed E-state index contributed by atoms with van der Waals surface area (Å²) in [7, 11) is 3.62. The fourth-order valence-electron chi connectivity index (χ4n) is 2.42. The summed E-state index contributed by atoms with van der Waals surface area (Å²) in [5.74, 6) is 0.0515. The molecule has 0 heterocycles. The van der Waals surface area contributed by atoms with Crippen LogP contribution in [0.3, 0.4) is 0 Å². The van der Waals surface area contributed by atoms with E-state index in [0.29, 0.717) is 18.2 Å². The lowest BCUT2D eigenvalue weighted by Gasteiger charge is -2.14. The molecule has 0 atom stereocenters. The second-order valence-corrected chi connectivity index (χ2v) is 5.88. The fourth-order valence-corrected chi connectivity index (χ4v) is 2.42. The number of hydrogen-bond acceptors (Lipinski definition) is 2. The maximum absolute atomic E-state index is 13.9. The second-order valence-electron chi connectivity index (χ2n) is 5.88. The molecule has 4 nitrogen and oxygen atoms in total. The maximum Gasteiger partial charge on any atom is 0.193 e. The van der Waals surface area contributed by atoms with Gasteiger partial charge < -0.3 is 16.0 Å². The summed E-state index contributed by atoms with van der Waals surface area (Å²) in [6, 6.07) is 11.2. The highest BCUT2D eigenvalue weighted by molar-refractivity contribution is 14.0. The number of aliphatic imine (C=N–C) groups is 1. The highest BCUT2D eigenvalue weighted by Gasteiger charge is 2.05. The number of nitrogens with one attached hydrogen (secondary N) is 1. The Labute approximate surface area is 160 Å². The number of benzene rings is 2. The molecule has 2 rings (SSSR count). The van der Waals surface area contributed by atoms with Crippen LogP contribution in [0, 0.1) is 19.7 Å². The van der Waals surface area contributed by atoms with Gasteiger partial charge in [-0.3, -0.25) is 0 Å². The minimum Gasteiger partial charge on any atom is -0.375 e. The van der Waals surface area contributed by atoms with Crippen molar-refractivity contribution in [3.8, 4) is 0 Å². The molecule has 0 bridgehead atoms. The van der Waals surface area contributed by atoms with Crippen molar-refractivity contribution in [1.29, 1.82) is 0 Å². The van der Waals surface area contributed by atoms with Gasteiger partial charge in [0, 0.05) is 19.8 Å². The molecule has 0 unspecified atom stereocenters. The van der Waals surface area contributed by atoms with Crippen molar-refractivity contribution in [2.45, 2.75) is 20.4 Å². The first-order chi connectivity index (χ1) is 10.8. The average molecular weight is 442 g/mol. The van der Waals surface area contributed by atoms with Crippen LogP contribution in [0.15, 0.2) is 41.4 Å². The van der Waals surface area contributed by atoms with Crippen LogP contribution in [0.2, 0.25) is 0 Å². The van der Waals surface area contributed by atoms with Gasteiger partial charge in [-0.25, -0.2) is 9.38 Å². The number of rotatable bonds is 4. The lowest BCUT2D eigenvalue weighted by atomic mass is 10.1. The minimum atomic E-state index is -0.261. The predicted octanol–water partition coefficient (Wildman–Crippen LogP) is 4.05. The standard InChI is InChI=1S/C18H23FN4.HI/c1-12-7-13(2)9-15(8-12)22-18(20)21-11-14-5-6-17(23(3)4)16(19)10-14;/h5-10H,11H2,1-4H3,(H3,20,21,22);1H. The van der Waals surface area contributed by atoms with E-state index in [1.165, 1.54) is 6.07 Å². The van der Waals surface area contributed by atoms with Crippen molar-refractivity contribution in [3.05, 3.63) is 58.9 Å². The van der Waals surface area contributed by atoms with Crippen LogP contribution < -0.4 is 16.0 Å². The van der Waals surface area contributed by atoms with E-state index < -0.39 is 0 Å². The van der Waals surface area contributed by atoms with Gasteiger partial charge in [0.25, 0.3) is 0 Å². The smallest absolute Gasteiger partial charge is 0.193 e. The molecule has 0 aliphatic heterocycles. The van der Waals surface area contributed by atoms with Crippen LogP contribution in [0.5, 0.6) is 0 Å². The number of nitrogens with zero attached hydrogens (tertiary/aromatic N) is 2. The third kappa shape index (κ3) is 5.67. The Morgan fingerprint density at radius 2 is 1.75 bits per heavy atom. The first-order valence-corrected chi connectivity index (χ1v) is 7.46. The average Bonchev–Trinajstić information content (AvgIpc) is 2.43. The summed E-state index contributed by atoms with van der Waals surface area (Å²) < 4.78 is 13.9. The SMILES string of the molecule is Cc1cc(C)cc(NC(N)=NCc2ccc(N(C)C)c(F)c2)c1.I. The van der Waals surface area contributed by atoms with Crippen molar-refractivity contribution in [2.24, 2.45) is 10.7 Å². The quantitative estimate of drug-likeness (QED) is 0.427. The molecule has 0 amide bonds. The summed E-state index contributed by atoms with van der Waals surface area (Å²) >= 11 is 0. The molecule has 0 spiro atoms. The van der Waals surface area contributed by atoms with Crippen LogP contribution in [-0.2, 0) is 6.54 Å². The van der Waals surface area contributed by atoms with E-state index in [0.717, 1.165) is 22.4 Å². The van der Waals surface area contributed by atoms with E-state index in [4.69, 9.17) is 5.73 Å². The lowest BCUT2D eigenvalue weighted by Crippen LogP contribution is -2.22. The van der Waals surface area contributed by atoms with E-state index in [1.54, 1.807) is 11.0 Å². The van der Waals surface area contributed by atoms with Crippen LogP contribution in [0.4, 0.5) is 15.8 Å². The minimum absolute atomic E-state index is 0. The van der Waals surface area contributed by atoms with Gasteiger partial charge in [0.15, 0.2) is 5.96 Å². The van der Waals surface area contributed by atoms with E-state index in [1.807, 2.05) is 46.1 Å². The van der Waals surface area contributed by atoms with Gasteiger partial charge in [0.1, 0.15) is 5.82 Å². The van der Waals surface area contributed by atoms with Gasteiger partial charge in [-0.05, 0) is 54.8 Å². The molecule has 0 fully saturated rings. The highest BCUT2D eigenvalue weighted by Crippen LogP contribution is 2.19. The van der Waals surface area contributed by atoms with Gasteiger partial charge in [0.2, 0.25) is 0 Å². The van der Waals surface area contributed by atoms with Gasteiger partial charge in [-0.2, -0.15) is 0 Å². The fraction of sp³-hybridized carbons (Fsp3) is 0.278. The van der Waals surface area contributed by atoms with Crippen molar-refractivity contribution in [3.63, 3.8) is 0 Å². The molecule has 0 saturated carbocycles. The number of aryl methyl sites for hydroxylation is 2. The largest absolute Gasteiger partial charge is 0.375 e. The summed E-state index contributed by atoms with van der Waals surface area (Å²) in [5, 5.41) is 3.06. The maximum atomic E-state index is 13.9. The molecule has 6 heteroatoms. The molecule has 0 aliphatic rings. The molecule has 130 valence electrons. The first-order valence-electron chi connectivity index (χ1n) is 7.46. The van der Waals surface area contributed by atoms with Crippen molar-refractivity contribution >= 4 is 41.3 Å². The van der Waals surface area contributed by atoms with Crippen molar-refractivity contribution in [1.82, 2.24) is 0 Å². The second kappa shape index (κ2) is 8.86. The molecule has 2 aromatic rings. The molecule has 2 aromatic carbocycles. The molecule has 0 saturated heterocycles. The normalized spacial score (nSPS) is 11.0. The Balaban J connectivity index is 0.00000288. The Morgan fingerprint density at radius 3 is 2.29 bits per heavy atom. The Hall–Kier alpha value is -1.83. The molecule has 24 heavy (non-hydrogen) atoms. The van der Waals surface area contributed by atoms with Crippen molar-refractivity contribution < 1.29 is 4.39 Å². The number of anilines is 2. The van der Waals surface area contributed by atoms with Crippen LogP contribution in [0.1, 0.15) is 16.7 Å². The van der Waals surface area contributed by atoms with E-state index in [-0.39, 0.29) is 29.8 Å². The first kappa shape index (κ1) is 20.2. The van der Waals surface area contributed by atoms with Crippen molar-refractivity contribution in [2.75, 3.05) is 24.3 Å².